The number of furan rings is 1. The Labute approximate surface area is 300 Å². The fourth-order valence-corrected chi connectivity index (χ4v) is 7.93. The van der Waals surface area contributed by atoms with Crippen molar-refractivity contribution < 1.29 is 9.15 Å². The second kappa shape index (κ2) is 11.2. The summed E-state index contributed by atoms with van der Waals surface area (Å²) in [7, 11) is 0. The van der Waals surface area contributed by atoms with Gasteiger partial charge in [-0.25, -0.2) is 0 Å². The maximum atomic E-state index is 6.61. The molecule has 11 rings (SSSR count). The van der Waals surface area contributed by atoms with Crippen molar-refractivity contribution in [3.05, 3.63) is 182 Å². The first kappa shape index (κ1) is 28.8. The van der Waals surface area contributed by atoms with Gasteiger partial charge in [-0.1, -0.05) is 103 Å². The molecule has 0 aliphatic carbocycles. The van der Waals surface area contributed by atoms with Crippen LogP contribution in [0.5, 0.6) is 11.5 Å². The molecule has 0 amide bonds. The third-order valence-corrected chi connectivity index (χ3v) is 10.4. The maximum Gasteiger partial charge on any atom is 0.152 e. The minimum absolute atomic E-state index is 0.825. The zero-order valence-electron chi connectivity index (χ0n) is 28.0. The first-order valence-corrected chi connectivity index (χ1v) is 17.6. The van der Waals surface area contributed by atoms with Crippen LogP contribution < -0.4 is 9.64 Å². The number of ether oxygens (including phenoxy) is 1. The number of benzene rings is 8. The molecule has 1 aliphatic heterocycles. The molecule has 4 nitrogen and oxygen atoms in total. The molecular weight excluding hydrogens is 637 g/mol. The third kappa shape index (κ3) is 4.41. The van der Waals surface area contributed by atoms with Crippen LogP contribution in [0.15, 0.2) is 186 Å². The summed E-state index contributed by atoms with van der Waals surface area (Å²) in [6, 6.07) is 64.3. The summed E-state index contributed by atoms with van der Waals surface area (Å²) in [6.07, 6.45) is 0. The van der Waals surface area contributed by atoms with Gasteiger partial charge in [0, 0.05) is 32.9 Å². The van der Waals surface area contributed by atoms with E-state index in [9.17, 15) is 0 Å². The van der Waals surface area contributed by atoms with Crippen molar-refractivity contribution in [2.45, 2.75) is 0 Å². The molecule has 4 heteroatoms. The second-order valence-electron chi connectivity index (χ2n) is 13.4. The zero-order chi connectivity index (χ0) is 34.2. The smallest absolute Gasteiger partial charge is 0.152 e. The summed E-state index contributed by atoms with van der Waals surface area (Å²) in [5.41, 5.74) is 13.0. The highest BCUT2D eigenvalue weighted by Gasteiger charge is 2.26. The molecule has 0 saturated heterocycles. The molecule has 52 heavy (non-hydrogen) atoms. The Kier molecular flexibility index (Phi) is 6.22. The Morgan fingerprint density at radius 3 is 1.88 bits per heavy atom. The van der Waals surface area contributed by atoms with E-state index in [4.69, 9.17) is 9.15 Å². The topological polar surface area (TPSA) is 30.5 Å². The Morgan fingerprint density at radius 2 is 0.981 bits per heavy atom. The SMILES string of the molecule is c1ccc(-c2ccc(N3c4ccccc4Oc4cc(-c5ccc6c(c5)c5ccccc5n6-c5ccc6oc7ccccc7c6c5)ccc43)cc2)cc1. The molecule has 0 atom stereocenters. The average molecular weight is 667 g/mol. The minimum atomic E-state index is 0.825. The van der Waals surface area contributed by atoms with Gasteiger partial charge in [-0.05, 0) is 101 Å². The summed E-state index contributed by atoms with van der Waals surface area (Å²) in [6.45, 7) is 0. The molecule has 0 saturated carbocycles. The van der Waals surface area contributed by atoms with Crippen molar-refractivity contribution in [3.8, 4) is 39.4 Å². The van der Waals surface area contributed by atoms with E-state index in [1.165, 1.54) is 27.4 Å². The number of hydrogen-bond donors (Lipinski definition) is 0. The van der Waals surface area contributed by atoms with Crippen LogP contribution in [0.2, 0.25) is 0 Å². The van der Waals surface area contributed by atoms with Crippen molar-refractivity contribution in [1.29, 1.82) is 0 Å². The number of para-hydroxylation sites is 4. The van der Waals surface area contributed by atoms with Crippen LogP contribution in [-0.4, -0.2) is 4.57 Å². The van der Waals surface area contributed by atoms with Crippen molar-refractivity contribution in [1.82, 2.24) is 4.57 Å². The highest BCUT2D eigenvalue weighted by atomic mass is 16.5. The molecule has 0 fully saturated rings. The number of anilines is 3. The molecule has 244 valence electrons. The maximum absolute atomic E-state index is 6.61. The summed E-state index contributed by atoms with van der Waals surface area (Å²) in [5, 5.41) is 4.66. The highest BCUT2D eigenvalue weighted by Crippen LogP contribution is 2.51. The Morgan fingerprint density at radius 1 is 0.346 bits per heavy atom. The number of fused-ring (bicyclic) bond motifs is 8. The van der Waals surface area contributed by atoms with Crippen molar-refractivity contribution in [2.75, 3.05) is 4.90 Å². The minimum Gasteiger partial charge on any atom is -0.456 e. The summed E-state index contributed by atoms with van der Waals surface area (Å²) >= 11 is 0. The lowest BCUT2D eigenvalue weighted by Crippen LogP contribution is -2.15. The van der Waals surface area contributed by atoms with Gasteiger partial charge in [-0.3, -0.25) is 0 Å². The second-order valence-corrected chi connectivity index (χ2v) is 13.4. The van der Waals surface area contributed by atoms with Gasteiger partial charge in [0.25, 0.3) is 0 Å². The largest absolute Gasteiger partial charge is 0.456 e. The fourth-order valence-electron chi connectivity index (χ4n) is 7.93. The molecular formula is C48H30N2O2. The first-order chi connectivity index (χ1) is 25.8. The Hall–Kier alpha value is -7.04. The van der Waals surface area contributed by atoms with Crippen molar-refractivity contribution in [3.63, 3.8) is 0 Å². The molecule has 3 heterocycles. The van der Waals surface area contributed by atoms with Crippen LogP contribution in [0.25, 0.3) is 71.7 Å². The quantitative estimate of drug-likeness (QED) is 0.187. The van der Waals surface area contributed by atoms with Crippen molar-refractivity contribution >= 4 is 60.8 Å². The van der Waals surface area contributed by atoms with Gasteiger partial charge >= 0.3 is 0 Å². The molecule has 0 spiro atoms. The van der Waals surface area contributed by atoms with E-state index in [0.29, 0.717) is 0 Å². The van der Waals surface area contributed by atoms with Gasteiger partial charge in [0.15, 0.2) is 11.5 Å². The van der Waals surface area contributed by atoms with Crippen LogP contribution in [0.3, 0.4) is 0 Å². The molecule has 8 aromatic carbocycles. The normalized spacial score (nSPS) is 12.3. The van der Waals surface area contributed by atoms with Crippen molar-refractivity contribution in [2.24, 2.45) is 0 Å². The Bertz CT molecular complexity index is 2990. The standard InChI is InChI=1S/C48H30N2O2/c1-2-10-31(11-3-1)32-18-22-35(23-19-32)49-43-15-7-9-17-47(43)52-48-29-34(21-26-44(48)49)33-20-25-42-39(28-33)37-12-4-6-14-41(37)50(42)36-24-27-46-40(30-36)38-13-5-8-16-45(38)51-46/h1-30H. The van der Waals surface area contributed by atoms with Crippen LogP contribution in [0.4, 0.5) is 17.1 Å². The van der Waals surface area contributed by atoms with E-state index in [1.54, 1.807) is 0 Å². The highest BCUT2D eigenvalue weighted by molar-refractivity contribution is 6.11. The number of nitrogens with zero attached hydrogens (tertiary/aromatic N) is 2. The number of rotatable bonds is 4. The van der Waals surface area contributed by atoms with Gasteiger partial charge in [0.2, 0.25) is 0 Å². The predicted octanol–water partition coefficient (Wildman–Crippen LogP) is 13.6. The van der Waals surface area contributed by atoms with Crippen LogP contribution in [0.1, 0.15) is 0 Å². The van der Waals surface area contributed by atoms with E-state index in [2.05, 4.69) is 167 Å². The van der Waals surface area contributed by atoms with Gasteiger partial charge < -0.3 is 18.6 Å². The summed E-state index contributed by atoms with van der Waals surface area (Å²) in [5.74, 6) is 1.66. The molecule has 0 bridgehead atoms. The molecule has 2 aromatic heterocycles. The number of hydrogen-bond acceptors (Lipinski definition) is 3. The van der Waals surface area contributed by atoms with Gasteiger partial charge in [-0.2, -0.15) is 0 Å². The van der Waals surface area contributed by atoms with E-state index in [-0.39, 0.29) is 0 Å². The first-order valence-electron chi connectivity index (χ1n) is 17.6. The van der Waals surface area contributed by atoms with E-state index in [1.807, 2.05) is 24.3 Å². The summed E-state index contributed by atoms with van der Waals surface area (Å²) in [4.78, 5) is 2.30. The monoisotopic (exact) mass is 666 g/mol. The molecule has 1 aliphatic rings. The molecule has 0 N–H and O–H groups in total. The van der Waals surface area contributed by atoms with E-state index in [0.717, 1.165) is 72.8 Å². The fraction of sp³-hybridized carbons (Fsp3) is 0. The van der Waals surface area contributed by atoms with E-state index >= 15 is 0 Å². The average Bonchev–Trinajstić information content (AvgIpc) is 3.75. The lowest BCUT2D eigenvalue weighted by Gasteiger charge is -2.33. The van der Waals surface area contributed by atoms with Crippen LogP contribution in [-0.2, 0) is 0 Å². The lowest BCUT2D eigenvalue weighted by molar-refractivity contribution is 0.477. The summed E-state index contributed by atoms with van der Waals surface area (Å²) < 4.78 is 15.1. The third-order valence-electron chi connectivity index (χ3n) is 10.4. The van der Waals surface area contributed by atoms with Gasteiger partial charge in [-0.15, -0.1) is 0 Å². The van der Waals surface area contributed by atoms with Gasteiger partial charge in [0.1, 0.15) is 11.2 Å². The number of aromatic nitrogens is 1. The lowest BCUT2D eigenvalue weighted by atomic mass is 10.0. The van der Waals surface area contributed by atoms with Gasteiger partial charge in [0.05, 0.1) is 22.4 Å². The van der Waals surface area contributed by atoms with E-state index < -0.39 is 0 Å². The molecule has 10 aromatic rings. The molecule has 0 radical (unpaired) electrons. The zero-order valence-corrected chi connectivity index (χ0v) is 28.0. The predicted molar refractivity (Wildman–Crippen MR) is 214 cm³/mol. The van der Waals surface area contributed by atoms with Crippen LogP contribution >= 0.6 is 0 Å². The Balaban J connectivity index is 1.02. The molecule has 0 unspecified atom stereocenters. The van der Waals surface area contributed by atoms with Crippen LogP contribution in [0, 0.1) is 0 Å².